The van der Waals surface area contributed by atoms with E-state index in [1.165, 1.54) is 12.1 Å². The van der Waals surface area contributed by atoms with Gasteiger partial charge in [-0.15, -0.1) is 13.2 Å². The number of hydrogen-bond acceptors (Lipinski definition) is 2. The van der Waals surface area contributed by atoms with E-state index in [1.54, 1.807) is 0 Å². The fourth-order valence-electron chi connectivity index (χ4n) is 1.75. The van der Waals surface area contributed by atoms with Crippen LogP contribution in [-0.4, -0.2) is 23.6 Å². The minimum absolute atomic E-state index is 0.00276. The van der Waals surface area contributed by atoms with E-state index in [1.807, 2.05) is 13.8 Å². The minimum atomic E-state index is -4.73. The number of benzene rings is 1. The molecule has 0 radical (unpaired) electrons. The first-order valence-electron chi connectivity index (χ1n) is 6.45. The van der Waals surface area contributed by atoms with E-state index in [4.69, 9.17) is 0 Å². The summed E-state index contributed by atoms with van der Waals surface area (Å²) in [5, 5.41) is 3.63. The summed E-state index contributed by atoms with van der Waals surface area (Å²) in [6.07, 6.45) is -3.96. The van der Waals surface area contributed by atoms with Crippen molar-refractivity contribution in [1.82, 2.24) is 5.32 Å². The monoisotopic (exact) mass is 367 g/mol. The van der Waals surface area contributed by atoms with Gasteiger partial charge in [0.05, 0.1) is 0 Å². The lowest BCUT2D eigenvalue weighted by molar-refractivity contribution is -0.274. The first kappa shape index (κ1) is 17.8. The maximum Gasteiger partial charge on any atom is 0.573 e. The molecule has 1 amide bonds. The summed E-state index contributed by atoms with van der Waals surface area (Å²) in [6.45, 7) is 3.99. The van der Waals surface area contributed by atoms with Crippen molar-refractivity contribution in [3.05, 3.63) is 29.8 Å². The van der Waals surface area contributed by atoms with Gasteiger partial charge in [-0.3, -0.25) is 4.79 Å². The fraction of sp³-hybridized carbons (Fsp3) is 0.500. The number of ether oxygens (including phenoxy) is 1. The molecule has 1 N–H and O–H groups in total. The molecule has 1 aromatic rings. The second-order valence-electron chi connectivity index (χ2n) is 4.87. The van der Waals surface area contributed by atoms with Crippen LogP contribution in [0.4, 0.5) is 13.2 Å². The van der Waals surface area contributed by atoms with Crippen molar-refractivity contribution in [2.24, 2.45) is 5.92 Å². The van der Waals surface area contributed by atoms with Crippen LogP contribution < -0.4 is 10.1 Å². The summed E-state index contributed by atoms with van der Waals surface area (Å²) in [5.74, 6) is -0.396. The lowest BCUT2D eigenvalue weighted by Gasteiger charge is -2.21. The molecule has 0 heterocycles. The van der Waals surface area contributed by atoms with Crippen molar-refractivity contribution in [1.29, 1.82) is 0 Å². The van der Waals surface area contributed by atoms with Gasteiger partial charge in [-0.25, -0.2) is 0 Å². The number of carbonyl (C=O) groups is 1. The van der Waals surface area contributed by atoms with Crippen LogP contribution in [0.2, 0.25) is 0 Å². The van der Waals surface area contributed by atoms with Crippen LogP contribution >= 0.6 is 15.9 Å². The molecule has 7 heteroatoms. The SMILES string of the molecule is CC(C)C(CCBr)NC(=O)c1ccc(OC(F)(F)F)cc1. The van der Waals surface area contributed by atoms with E-state index in [2.05, 4.69) is 26.0 Å². The molecule has 1 unspecified atom stereocenters. The Morgan fingerprint density at radius 2 is 1.86 bits per heavy atom. The number of amides is 1. The second-order valence-corrected chi connectivity index (χ2v) is 5.67. The van der Waals surface area contributed by atoms with Gasteiger partial charge in [0.2, 0.25) is 0 Å². The molecule has 0 spiro atoms. The zero-order valence-electron chi connectivity index (χ0n) is 11.7. The average molecular weight is 368 g/mol. The summed E-state index contributed by atoms with van der Waals surface area (Å²) in [5.41, 5.74) is 0.296. The normalized spacial score (nSPS) is 13.1. The Morgan fingerprint density at radius 3 is 2.29 bits per heavy atom. The maximum absolute atomic E-state index is 12.0. The molecule has 0 bridgehead atoms. The number of alkyl halides is 4. The highest BCUT2D eigenvalue weighted by Crippen LogP contribution is 2.22. The third-order valence-electron chi connectivity index (χ3n) is 2.89. The topological polar surface area (TPSA) is 38.3 Å². The Kier molecular flexibility index (Phi) is 6.51. The highest BCUT2D eigenvalue weighted by Gasteiger charge is 2.31. The molecule has 0 aliphatic heterocycles. The van der Waals surface area contributed by atoms with Crippen LogP contribution in [0.1, 0.15) is 30.6 Å². The van der Waals surface area contributed by atoms with Crippen molar-refractivity contribution in [3.63, 3.8) is 0 Å². The van der Waals surface area contributed by atoms with Crippen LogP contribution in [-0.2, 0) is 0 Å². The zero-order valence-corrected chi connectivity index (χ0v) is 13.3. The Hall–Kier alpha value is -1.24. The summed E-state index contributed by atoms with van der Waals surface area (Å²) >= 11 is 3.33. The molecule has 0 aromatic heterocycles. The molecule has 1 rings (SSSR count). The molecule has 0 saturated heterocycles. The van der Waals surface area contributed by atoms with Crippen LogP contribution in [0.5, 0.6) is 5.75 Å². The summed E-state index contributed by atoms with van der Waals surface area (Å²) in [7, 11) is 0. The number of halogens is 4. The number of rotatable bonds is 6. The van der Waals surface area contributed by atoms with Crippen LogP contribution in [0.3, 0.4) is 0 Å². The van der Waals surface area contributed by atoms with Gasteiger partial charge in [0.1, 0.15) is 5.75 Å². The molecule has 0 fully saturated rings. The van der Waals surface area contributed by atoms with Gasteiger partial charge in [0.25, 0.3) is 5.91 Å². The van der Waals surface area contributed by atoms with Gasteiger partial charge in [-0.2, -0.15) is 0 Å². The third kappa shape index (κ3) is 6.37. The fourth-order valence-corrected chi connectivity index (χ4v) is 2.24. The quantitative estimate of drug-likeness (QED) is 0.767. The molecule has 0 saturated carbocycles. The van der Waals surface area contributed by atoms with Crippen molar-refractivity contribution < 1.29 is 22.7 Å². The van der Waals surface area contributed by atoms with Crippen LogP contribution in [0.25, 0.3) is 0 Å². The van der Waals surface area contributed by atoms with Gasteiger partial charge in [0, 0.05) is 16.9 Å². The Labute approximate surface area is 130 Å². The number of carbonyl (C=O) groups excluding carboxylic acids is 1. The van der Waals surface area contributed by atoms with E-state index in [0.717, 1.165) is 23.9 Å². The minimum Gasteiger partial charge on any atom is -0.406 e. The third-order valence-corrected chi connectivity index (χ3v) is 3.35. The molecule has 3 nitrogen and oxygen atoms in total. The first-order chi connectivity index (χ1) is 9.73. The summed E-state index contributed by atoms with van der Waals surface area (Å²) < 4.78 is 39.9. The summed E-state index contributed by atoms with van der Waals surface area (Å²) in [4.78, 5) is 12.0. The van der Waals surface area contributed by atoms with Crippen LogP contribution in [0.15, 0.2) is 24.3 Å². The predicted molar refractivity (Wildman–Crippen MR) is 77.6 cm³/mol. The standard InChI is InChI=1S/C14H17BrF3NO2/c1-9(2)12(7-8-15)19-13(20)10-3-5-11(6-4-10)21-14(16,17)18/h3-6,9,12H,7-8H2,1-2H3,(H,19,20). The van der Waals surface area contributed by atoms with E-state index >= 15 is 0 Å². The van der Waals surface area contributed by atoms with E-state index in [9.17, 15) is 18.0 Å². The van der Waals surface area contributed by atoms with Gasteiger partial charge in [-0.05, 0) is 36.6 Å². The summed E-state index contributed by atoms with van der Waals surface area (Å²) in [6, 6.07) is 4.86. The number of hydrogen-bond donors (Lipinski definition) is 1. The number of nitrogens with one attached hydrogen (secondary N) is 1. The molecule has 0 aliphatic rings. The molecule has 1 aromatic carbocycles. The first-order valence-corrected chi connectivity index (χ1v) is 7.57. The smallest absolute Gasteiger partial charge is 0.406 e. The zero-order chi connectivity index (χ0) is 16.0. The maximum atomic E-state index is 12.0. The van der Waals surface area contributed by atoms with Gasteiger partial charge in [-0.1, -0.05) is 29.8 Å². The van der Waals surface area contributed by atoms with E-state index < -0.39 is 6.36 Å². The Balaban J connectivity index is 2.70. The van der Waals surface area contributed by atoms with Crippen molar-refractivity contribution in [2.75, 3.05) is 5.33 Å². The van der Waals surface area contributed by atoms with Crippen molar-refractivity contribution in [2.45, 2.75) is 32.7 Å². The van der Waals surface area contributed by atoms with E-state index in [-0.39, 0.29) is 23.6 Å². The molecule has 21 heavy (non-hydrogen) atoms. The van der Waals surface area contributed by atoms with Crippen molar-refractivity contribution >= 4 is 21.8 Å². The van der Waals surface area contributed by atoms with Gasteiger partial charge in [0.15, 0.2) is 0 Å². The molecular formula is C14H17BrF3NO2. The largest absolute Gasteiger partial charge is 0.573 e. The molecule has 118 valence electrons. The molecular weight excluding hydrogens is 351 g/mol. The Morgan fingerprint density at radius 1 is 1.29 bits per heavy atom. The lowest BCUT2D eigenvalue weighted by atomic mass is 10.0. The van der Waals surface area contributed by atoms with Gasteiger partial charge >= 0.3 is 6.36 Å². The molecule has 1 atom stereocenters. The highest BCUT2D eigenvalue weighted by molar-refractivity contribution is 9.09. The second kappa shape index (κ2) is 7.68. The molecule has 0 aliphatic carbocycles. The van der Waals surface area contributed by atoms with Gasteiger partial charge < -0.3 is 10.1 Å². The van der Waals surface area contributed by atoms with Crippen molar-refractivity contribution in [3.8, 4) is 5.75 Å². The Bertz CT molecular complexity index is 460. The lowest BCUT2D eigenvalue weighted by Crippen LogP contribution is -2.38. The van der Waals surface area contributed by atoms with Crippen LogP contribution in [0, 0.1) is 5.92 Å². The average Bonchev–Trinajstić information content (AvgIpc) is 2.36. The van der Waals surface area contributed by atoms with E-state index in [0.29, 0.717) is 5.56 Å². The predicted octanol–water partition coefficient (Wildman–Crippen LogP) is 4.12. The highest BCUT2D eigenvalue weighted by atomic mass is 79.9.